The van der Waals surface area contributed by atoms with Gasteiger partial charge in [0, 0.05) is 19.5 Å². The minimum absolute atomic E-state index is 0.183. The van der Waals surface area contributed by atoms with Crippen LogP contribution in [-0.4, -0.2) is 41.6 Å². The van der Waals surface area contributed by atoms with Gasteiger partial charge in [-0.25, -0.2) is 0 Å². The standard InChI is InChI=1S/C35H70N2O/c1-3-5-7-9-11-13-15-17-18-19-21-23-25-27-29-34(38)33-37-32-31-36-35(37)30-28-26-24-22-20-16-14-12-10-8-6-4-2/h34,38H,3-33H2,1-2H3. The fraction of sp³-hybridized carbons (Fsp3) is 0.971. The molecular weight excluding hydrogens is 464 g/mol. The van der Waals surface area contributed by atoms with Gasteiger partial charge >= 0.3 is 0 Å². The van der Waals surface area contributed by atoms with Crippen molar-refractivity contribution in [1.29, 1.82) is 0 Å². The SMILES string of the molecule is CCCCCCCCCCCCCCCCC(O)CN1CCN=C1CCCCCCCCCCCCCC. The third-order valence-electron chi connectivity index (χ3n) is 8.61. The van der Waals surface area contributed by atoms with E-state index in [2.05, 4.69) is 18.7 Å². The molecule has 38 heavy (non-hydrogen) atoms. The largest absolute Gasteiger partial charge is 0.391 e. The maximum atomic E-state index is 10.6. The molecule has 0 radical (unpaired) electrons. The van der Waals surface area contributed by atoms with Gasteiger partial charge in [0.1, 0.15) is 0 Å². The summed E-state index contributed by atoms with van der Waals surface area (Å²) in [7, 11) is 0. The first kappa shape index (κ1) is 35.5. The molecule has 1 aliphatic heterocycles. The summed E-state index contributed by atoms with van der Waals surface area (Å²) in [5, 5.41) is 10.6. The van der Waals surface area contributed by atoms with Crippen LogP contribution in [0.25, 0.3) is 0 Å². The molecule has 0 aromatic rings. The van der Waals surface area contributed by atoms with E-state index in [1.165, 1.54) is 173 Å². The molecule has 1 unspecified atom stereocenters. The lowest BCUT2D eigenvalue weighted by molar-refractivity contribution is 0.133. The van der Waals surface area contributed by atoms with Crippen LogP contribution in [0, 0.1) is 0 Å². The van der Waals surface area contributed by atoms with Crippen molar-refractivity contribution in [2.75, 3.05) is 19.6 Å². The fourth-order valence-electron chi connectivity index (χ4n) is 6.01. The number of unbranched alkanes of at least 4 members (excludes halogenated alkanes) is 24. The Morgan fingerprint density at radius 3 is 1.34 bits per heavy atom. The third-order valence-corrected chi connectivity index (χ3v) is 8.61. The van der Waals surface area contributed by atoms with Gasteiger partial charge in [-0.2, -0.15) is 0 Å². The molecule has 1 rings (SSSR count). The van der Waals surface area contributed by atoms with Crippen LogP contribution in [0.1, 0.15) is 194 Å². The van der Waals surface area contributed by atoms with E-state index >= 15 is 0 Å². The van der Waals surface area contributed by atoms with Crippen molar-refractivity contribution in [3.8, 4) is 0 Å². The maximum Gasteiger partial charge on any atom is 0.0991 e. The number of aliphatic hydroxyl groups is 1. The van der Waals surface area contributed by atoms with Gasteiger partial charge in [-0.3, -0.25) is 4.99 Å². The summed E-state index contributed by atoms with van der Waals surface area (Å²) in [6.45, 7) is 7.34. The van der Waals surface area contributed by atoms with Crippen LogP contribution >= 0.6 is 0 Å². The molecule has 3 nitrogen and oxygen atoms in total. The summed E-state index contributed by atoms with van der Waals surface area (Å²) in [5.41, 5.74) is 0. The minimum Gasteiger partial charge on any atom is -0.391 e. The van der Waals surface area contributed by atoms with E-state index in [-0.39, 0.29) is 6.10 Å². The number of amidine groups is 1. The van der Waals surface area contributed by atoms with Crippen molar-refractivity contribution in [2.24, 2.45) is 4.99 Å². The first-order chi connectivity index (χ1) is 18.8. The Balaban J connectivity index is 1.88. The highest BCUT2D eigenvalue weighted by Gasteiger charge is 2.19. The third kappa shape index (κ3) is 22.3. The normalized spacial score (nSPS) is 14.4. The Hall–Kier alpha value is -0.570. The van der Waals surface area contributed by atoms with Crippen molar-refractivity contribution >= 4 is 5.84 Å². The van der Waals surface area contributed by atoms with Crippen molar-refractivity contribution in [3.63, 3.8) is 0 Å². The molecule has 226 valence electrons. The lowest BCUT2D eigenvalue weighted by Crippen LogP contribution is -2.35. The molecule has 1 atom stereocenters. The summed E-state index contributed by atoms with van der Waals surface area (Å²) in [6.07, 6.45) is 38.1. The van der Waals surface area contributed by atoms with E-state index < -0.39 is 0 Å². The van der Waals surface area contributed by atoms with E-state index in [9.17, 15) is 5.11 Å². The summed E-state index contributed by atoms with van der Waals surface area (Å²) in [5.74, 6) is 1.28. The highest BCUT2D eigenvalue weighted by atomic mass is 16.3. The number of hydrogen-bond donors (Lipinski definition) is 1. The van der Waals surface area contributed by atoms with Crippen LogP contribution in [0.15, 0.2) is 4.99 Å². The zero-order chi connectivity index (χ0) is 27.4. The van der Waals surface area contributed by atoms with Gasteiger partial charge in [0.2, 0.25) is 0 Å². The Morgan fingerprint density at radius 2 is 0.921 bits per heavy atom. The van der Waals surface area contributed by atoms with Crippen LogP contribution < -0.4 is 0 Å². The second-order valence-corrected chi connectivity index (χ2v) is 12.4. The van der Waals surface area contributed by atoms with E-state index in [4.69, 9.17) is 4.99 Å². The van der Waals surface area contributed by atoms with Gasteiger partial charge in [0.25, 0.3) is 0 Å². The Labute approximate surface area is 240 Å². The molecule has 0 amide bonds. The Bertz CT molecular complexity index is 506. The van der Waals surface area contributed by atoms with Gasteiger partial charge in [0.05, 0.1) is 18.5 Å². The number of rotatable bonds is 30. The van der Waals surface area contributed by atoms with E-state index in [0.717, 1.165) is 32.5 Å². The van der Waals surface area contributed by atoms with Crippen LogP contribution in [0.4, 0.5) is 0 Å². The topological polar surface area (TPSA) is 35.8 Å². The van der Waals surface area contributed by atoms with Gasteiger partial charge in [0.15, 0.2) is 0 Å². The smallest absolute Gasteiger partial charge is 0.0991 e. The molecule has 0 aromatic heterocycles. The molecule has 0 spiro atoms. The number of nitrogens with zero attached hydrogens (tertiary/aromatic N) is 2. The second-order valence-electron chi connectivity index (χ2n) is 12.4. The van der Waals surface area contributed by atoms with Crippen LogP contribution in [0.5, 0.6) is 0 Å². The molecule has 0 aliphatic carbocycles. The number of hydrogen-bond acceptors (Lipinski definition) is 3. The number of β-amino-alcohol motifs (C(OH)–C–C–N with tert-alkyl or cyclic N) is 1. The summed E-state index contributed by atoms with van der Waals surface area (Å²) < 4.78 is 0. The molecule has 1 aliphatic rings. The van der Waals surface area contributed by atoms with E-state index in [0.29, 0.717) is 0 Å². The molecule has 1 N–H and O–H groups in total. The summed E-state index contributed by atoms with van der Waals surface area (Å²) in [4.78, 5) is 7.15. The first-order valence-corrected chi connectivity index (χ1v) is 17.7. The quantitative estimate of drug-likeness (QED) is 0.0930. The highest BCUT2D eigenvalue weighted by Crippen LogP contribution is 2.17. The molecule has 0 saturated carbocycles. The van der Waals surface area contributed by atoms with Crippen molar-refractivity contribution in [2.45, 2.75) is 200 Å². The predicted octanol–water partition coefficient (Wildman–Crippen LogP) is 11.0. The van der Waals surface area contributed by atoms with Gasteiger partial charge in [-0.1, -0.05) is 174 Å². The van der Waals surface area contributed by atoms with Gasteiger partial charge < -0.3 is 10.0 Å². The lowest BCUT2D eigenvalue weighted by atomic mass is 10.0. The molecule has 0 fully saturated rings. The Kier molecular flexibility index (Phi) is 26.1. The van der Waals surface area contributed by atoms with Gasteiger partial charge in [-0.15, -0.1) is 0 Å². The molecule has 0 aromatic carbocycles. The molecule has 0 bridgehead atoms. The van der Waals surface area contributed by atoms with Crippen molar-refractivity contribution in [1.82, 2.24) is 4.90 Å². The average molecular weight is 535 g/mol. The summed E-state index contributed by atoms with van der Waals surface area (Å²) in [6, 6.07) is 0. The zero-order valence-corrected chi connectivity index (χ0v) is 26.3. The Morgan fingerprint density at radius 1 is 0.553 bits per heavy atom. The van der Waals surface area contributed by atoms with E-state index in [1.807, 2.05) is 0 Å². The van der Waals surface area contributed by atoms with E-state index in [1.54, 1.807) is 0 Å². The predicted molar refractivity (Wildman–Crippen MR) is 171 cm³/mol. The lowest BCUT2D eigenvalue weighted by Gasteiger charge is -2.23. The maximum absolute atomic E-state index is 10.6. The van der Waals surface area contributed by atoms with Gasteiger partial charge in [-0.05, 0) is 12.8 Å². The fourth-order valence-corrected chi connectivity index (χ4v) is 6.01. The van der Waals surface area contributed by atoms with Crippen LogP contribution in [0.2, 0.25) is 0 Å². The number of aliphatic imine (C=N–C) groups is 1. The minimum atomic E-state index is -0.183. The molecule has 0 saturated heterocycles. The van der Waals surface area contributed by atoms with Crippen molar-refractivity contribution < 1.29 is 5.11 Å². The van der Waals surface area contributed by atoms with Crippen molar-refractivity contribution in [3.05, 3.63) is 0 Å². The molecular formula is C35H70N2O. The highest BCUT2D eigenvalue weighted by molar-refractivity contribution is 5.83. The number of aliphatic hydroxyl groups excluding tert-OH is 1. The molecule has 3 heteroatoms. The first-order valence-electron chi connectivity index (χ1n) is 17.7. The summed E-state index contributed by atoms with van der Waals surface area (Å²) >= 11 is 0. The van der Waals surface area contributed by atoms with Crippen LogP contribution in [0.3, 0.4) is 0 Å². The van der Waals surface area contributed by atoms with Crippen LogP contribution in [-0.2, 0) is 0 Å². The molecule has 1 heterocycles. The second kappa shape index (κ2) is 28.0. The average Bonchev–Trinajstić information content (AvgIpc) is 3.36. The zero-order valence-electron chi connectivity index (χ0n) is 26.3. The monoisotopic (exact) mass is 535 g/mol.